The van der Waals surface area contributed by atoms with Crippen LogP contribution in [0.5, 0.6) is 11.5 Å². The zero-order valence-corrected chi connectivity index (χ0v) is 8.50. The molecule has 1 aromatic rings. The first-order valence-corrected chi connectivity index (χ1v) is 4.12. The van der Waals surface area contributed by atoms with Crippen molar-refractivity contribution in [1.29, 1.82) is 0 Å². The van der Waals surface area contributed by atoms with Crippen LogP contribution in [-0.2, 0) is 0 Å². The molecule has 0 spiro atoms. The summed E-state index contributed by atoms with van der Waals surface area (Å²) in [6.07, 6.45) is 0.609. The number of halogens is 1. The van der Waals surface area contributed by atoms with Gasteiger partial charge in [0.15, 0.2) is 0 Å². The van der Waals surface area contributed by atoms with Crippen LogP contribution < -0.4 is 11.5 Å². The maximum atomic E-state index is 9.41. The molecule has 0 radical (unpaired) electrons. The molecule has 0 aromatic heterocycles. The quantitative estimate of drug-likeness (QED) is 0.606. The van der Waals surface area contributed by atoms with Gasteiger partial charge in [-0.25, -0.2) is 0 Å². The second-order valence-corrected chi connectivity index (χ2v) is 2.93. The lowest BCUT2D eigenvalue weighted by molar-refractivity contribution is 0.440. The van der Waals surface area contributed by atoms with E-state index in [9.17, 15) is 5.11 Å². The van der Waals surface area contributed by atoms with Gasteiger partial charge in [-0.1, -0.05) is 6.07 Å². The Morgan fingerprint density at radius 1 is 1.29 bits per heavy atom. The van der Waals surface area contributed by atoms with Crippen molar-refractivity contribution >= 4 is 12.4 Å². The van der Waals surface area contributed by atoms with Crippen LogP contribution in [0.4, 0.5) is 0 Å². The molecular formula is C9H15ClN2O2. The Morgan fingerprint density at radius 3 is 2.43 bits per heavy atom. The third kappa shape index (κ3) is 3.06. The van der Waals surface area contributed by atoms with Gasteiger partial charge in [-0.05, 0) is 19.0 Å². The van der Waals surface area contributed by atoms with E-state index in [1.165, 1.54) is 12.1 Å². The van der Waals surface area contributed by atoms with Gasteiger partial charge in [-0.3, -0.25) is 0 Å². The molecule has 0 unspecified atom stereocenters. The molecule has 0 fully saturated rings. The van der Waals surface area contributed by atoms with Crippen molar-refractivity contribution in [3.05, 3.63) is 23.8 Å². The summed E-state index contributed by atoms with van der Waals surface area (Å²) in [5, 5.41) is 18.4. The van der Waals surface area contributed by atoms with Gasteiger partial charge in [-0.15, -0.1) is 12.4 Å². The molecule has 6 N–H and O–H groups in total. The molecule has 0 aliphatic rings. The SMILES string of the molecule is Cl.NCC[C@@H](N)c1ccc(O)cc1O. The van der Waals surface area contributed by atoms with E-state index in [1.54, 1.807) is 6.07 Å². The van der Waals surface area contributed by atoms with E-state index in [1.807, 2.05) is 0 Å². The summed E-state index contributed by atoms with van der Waals surface area (Å²) in [6, 6.07) is 4.09. The predicted octanol–water partition coefficient (Wildman–Crippen LogP) is 0.868. The zero-order valence-electron chi connectivity index (χ0n) is 7.68. The highest BCUT2D eigenvalue weighted by Crippen LogP contribution is 2.27. The lowest BCUT2D eigenvalue weighted by Gasteiger charge is -2.12. The maximum absolute atomic E-state index is 9.41. The fourth-order valence-electron chi connectivity index (χ4n) is 1.18. The normalized spacial score (nSPS) is 11.9. The Hall–Kier alpha value is -0.970. The van der Waals surface area contributed by atoms with Crippen molar-refractivity contribution in [2.24, 2.45) is 11.5 Å². The topological polar surface area (TPSA) is 92.5 Å². The molecule has 0 aliphatic heterocycles. The zero-order chi connectivity index (χ0) is 9.84. The van der Waals surface area contributed by atoms with Gasteiger partial charge >= 0.3 is 0 Å². The van der Waals surface area contributed by atoms with Crippen LogP contribution in [0, 0.1) is 0 Å². The molecule has 1 aromatic carbocycles. The second-order valence-electron chi connectivity index (χ2n) is 2.93. The summed E-state index contributed by atoms with van der Waals surface area (Å²) in [6.45, 7) is 0.474. The number of hydrogen-bond acceptors (Lipinski definition) is 4. The Kier molecular flexibility index (Phi) is 5.30. The van der Waals surface area contributed by atoms with Gasteiger partial charge in [0.25, 0.3) is 0 Å². The fourth-order valence-corrected chi connectivity index (χ4v) is 1.18. The Balaban J connectivity index is 0.00000169. The molecule has 14 heavy (non-hydrogen) atoms. The van der Waals surface area contributed by atoms with Gasteiger partial charge < -0.3 is 21.7 Å². The summed E-state index contributed by atoms with van der Waals surface area (Å²) in [5.41, 5.74) is 11.7. The Labute approximate surface area is 88.9 Å². The maximum Gasteiger partial charge on any atom is 0.124 e. The van der Waals surface area contributed by atoms with Crippen molar-refractivity contribution in [1.82, 2.24) is 0 Å². The highest BCUT2D eigenvalue weighted by molar-refractivity contribution is 5.85. The average Bonchev–Trinajstić information content (AvgIpc) is 2.04. The standard InChI is InChI=1S/C9H14N2O2.ClH/c10-4-3-8(11)7-2-1-6(12)5-9(7)13;/h1-2,5,8,12-13H,3-4,10-11H2;1H/t8-;/m1./s1. The molecule has 80 valence electrons. The van der Waals surface area contributed by atoms with Crippen molar-refractivity contribution in [2.45, 2.75) is 12.5 Å². The minimum absolute atomic E-state index is 0. The minimum Gasteiger partial charge on any atom is -0.508 e. The Morgan fingerprint density at radius 2 is 1.93 bits per heavy atom. The first-order valence-electron chi connectivity index (χ1n) is 4.12. The van der Waals surface area contributed by atoms with Gasteiger partial charge in [0.2, 0.25) is 0 Å². The number of phenols is 2. The first-order chi connectivity index (χ1) is 6.15. The van der Waals surface area contributed by atoms with Crippen LogP contribution in [0.3, 0.4) is 0 Å². The highest BCUT2D eigenvalue weighted by Gasteiger charge is 2.09. The monoisotopic (exact) mass is 218 g/mol. The number of hydrogen-bond donors (Lipinski definition) is 4. The smallest absolute Gasteiger partial charge is 0.124 e. The average molecular weight is 219 g/mol. The number of phenolic OH excluding ortho intramolecular Hbond substituents is 2. The van der Waals surface area contributed by atoms with E-state index in [0.717, 1.165) is 0 Å². The lowest BCUT2D eigenvalue weighted by atomic mass is 10.0. The molecule has 5 heteroatoms. The van der Waals surface area contributed by atoms with E-state index in [-0.39, 0.29) is 29.9 Å². The molecule has 0 saturated carbocycles. The van der Waals surface area contributed by atoms with Crippen molar-refractivity contribution in [3.63, 3.8) is 0 Å². The van der Waals surface area contributed by atoms with Gasteiger partial charge in [-0.2, -0.15) is 0 Å². The Bertz CT molecular complexity index is 294. The number of rotatable bonds is 3. The molecule has 0 saturated heterocycles. The van der Waals surface area contributed by atoms with Crippen LogP contribution in [0.1, 0.15) is 18.0 Å². The third-order valence-corrected chi connectivity index (χ3v) is 1.89. The second kappa shape index (κ2) is 5.70. The van der Waals surface area contributed by atoms with Gasteiger partial charge in [0, 0.05) is 17.7 Å². The summed E-state index contributed by atoms with van der Waals surface area (Å²) >= 11 is 0. The fraction of sp³-hybridized carbons (Fsp3) is 0.333. The molecule has 1 atom stereocenters. The lowest BCUT2D eigenvalue weighted by Crippen LogP contribution is -2.15. The summed E-state index contributed by atoms with van der Waals surface area (Å²) in [7, 11) is 0. The van der Waals surface area contributed by atoms with Crippen molar-refractivity contribution < 1.29 is 10.2 Å². The van der Waals surface area contributed by atoms with E-state index in [0.29, 0.717) is 18.5 Å². The van der Waals surface area contributed by atoms with Crippen LogP contribution in [0.25, 0.3) is 0 Å². The number of benzene rings is 1. The van der Waals surface area contributed by atoms with E-state index < -0.39 is 0 Å². The summed E-state index contributed by atoms with van der Waals surface area (Å²) in [4.78, 5) is 0. The number of aromatic hydroxyl groups is 2. The summed E-state index contributed by atoms with van der Waals surface area (Å²) < 4.78 is 0. The molecule has 0 heterocycles. The predicted molar refractivity (Wildman–Crippen MR) is 57.6 cm³/mol. The van der Waals surface area contributed by atoms with E-state index in [4.69, 9.17) is 16.6 Å². The molecule has 0 amide bonds. The highest BCUT2D eigenvalue weighted by atomic mass is 35.5. The van der Waals surface area contributed by atoms with Crippen LogP contribution in [0.2, 0.25) is 0 Å². The first kappa shape index (κ1) is 13.0. The minimum atomic E-state index is -0.273. The summed E-state index contributed by atoms with van der Waals surface area (Å²) in [5.74, 6) is 0.0437. The molecule has 1 rings (SSSR count). The molecule has 0 bridgehead atoms. The van der Waals surface area contributed by atoms with Crippen molar-refractivity contribution in [2.75, 3.05) is 6.54 Å². The van der Waals surface area contributed by atoms with Gasteiger partial charge in [0.05, 0.1) is 0 Å². The largest absolute Gasteiger partial charge is 0.508 e. The van der Waals surface area contributed by atoms with Crippen LogP contribution >= 0.6 is 12.4 Å². The molecular weight excluding hydrogens is 204 g/mol. The van der Waals surface area contributed by atoms with E-state index in [2.05, 4.69) is 0 Å². The van der Waals surface area contributed by atoms with Crippen LogP contribution in [-0.4, -0.2) is 16.8 Å². The molecule has 4 nitrogen and oxygen atoms in total. The van der Waals surface area contributed by atoms with Gasteiger partial charge in [0.1, 0.15) is 11.5 Å². The number of nitrogens with two attached hydrogens (primary N) is 2. The molecule has 0 aliphatic carbocycles. The van der Waals surface area contributed by atoms with Crippen LogP contribution in [0.15, 0.2) is 18.2 Å². The van der Waals surface area contributed by atoms with Crippen molar-refractivity contribution in [3.8, 4) is 11.5 Å². The van der Waals surface area contributed by atoms with E-state index >= 15 is 0 Å². The third-order valence-electron chi connectivity index (χ3n) is 1.89.